The third-order valence-corrected chi connectivity index (χ3v) is 5.19. The van der Waals surface area contributed by atoms with Gasteiger partial charge in [-0.2, -0.15) is 0 Å². The lowest BCUT2D eigenvalue weighted by atomic mass is 10.0. The fraction of sp³-hybridized carbons (Fsp3) is 0.385. The van der Waals surface area contributed by atoms with Crippen molar-refractivity contribution in [3.05, 3.63) is 24.3 Å². The van der Waals surface area contributed by atoms with Gasteiger partial charge in [0.05, 0.1) is 17.0 Å². The van der Waals surface area contributed by atoms with Crippen molar-refractivity contribution < 1.29 is 18.0 Å². The van der Waals surface area contributed by atoms with E-state index in [9.17, 15) is 18.0 Å². The van der Waals surface area contributed by atoms with Gasteiger partial charge >= 0.3 is 6.03 Å². The van der Waals surface area contributed by atoms with Gasteiger partial charge in [0.1, 0.15) is 0 Å². The Labute approximate surface area is 123 Å². The lowest BCUT2D eigenvalue weighted by Crippen LogP contribution is -2.48. The fourth-order valence-corrected chi connectivity index (χ4v) is 4.36. The third kappa shape index (κ3) is 4.19. The number of rotatable bonds is 4. The number of amides is 3. The second-order valence-electron chi connectivity index (χ2n) is 5.32. The van der Waals surface area contributed by atoms with Crippen LogP contribution in [-0.2, 0) is 14.6 Å². The Kier molecular flexibility index (Phi) is 4.17. The minimum Gasteiger partial charge on any atom is -0.332 e. The monoisotopic (exact) mass is 311 g/mol. The predicted molar refractivity (Wildman–Crippen MR) is 80.0 cm³/mol. The van der Waals surface area contributed by atoms with Crippen molar-refractivity contribution in [2.24, 2.45) is 0 Å². The molecule has 8 heteroatoms. The quantitative estimate of drug-likeness (QED) is 0.720. The van der Waals surface area contributed by atoms with E-state index in [0.29, 0.717) is 24.2 Å². The number of nitrogens with one attached hydrogen (secondary N) is 3. The maximum Gasteiger partial charge on any atom is 0.319 e. The smallest absolute Gasteiger partial charge is 0.319 e. The van der Waals surface area contributed by atoms with E-state index in [1.54, 1.807) is 31.2 Å². The number of anilines is 2. The molecule has 0 saturated carbocycles. The molecular weight excluding hydrogens is 294 g/mol. The topological polar surface area (TPSA) is 104 Å². The van der Waals surface area contributed by atoms with Crippen molar-refractivity contribution in [1.82, 2.24) is 5.32 Å². The lowest BCUT2D eigenvalue weighted by molar-refractivity contribution is -0.105. The zero-order chi connectivity index (χ0) is 15.5. The molecule has 1 aromatic carbocycles. The highest BCUT2D eigenvalue weighted by atomic mass is 32.2. The van der Waals surface area contributed by atoms with E-state index in [-0.39, 0.29) is 11.5 Å². The first kappa shape index (κ1) is 15.3. The van der Waals surface area contributed by atoms with Gasteiger partial charge in [0.2, 0.25) is 6.41 Å². The van der Waals surface area contributed by atoms with E-state index < -0.39 is 21.4 Å². The van der Waals surface area contributed by atoms with Crippen LogP contribution in [-0.4, -0.2) is 37.9 Å². The molecule has 1 heterocycles. The van der Waals surface area contributed by atoms with E-state index in [2.05, 4.69) is 16.0 Å². The number of carbonyl (C=O) groups excluding carboxylic acids is 2. The van der Waals surface area contributed by atoms with Crippen LogP contribution in [0.4, 0.5) is 16.2 Å². The maximum atomic E-state index is 11.9. The summed E-state index contributed by atoms with van der Waals surface area (Å²) in [7, 11) is -3.07. The van der Waals surface area contributed by atoms with Gasteiger partial charge in [-0.1, -0.05) is 0 Å². The average molecular weight is 311 g/mol. The van der Waals surface area contributed by atoms with Crippen molar-refractivity contribution in [2.75, 3.05) is 22.1 Å². The van der Waals surface area contributed by atoms with Crippen LogP contribution in [0.5, 0.6) is 0 Å². The highest BCUT2D eigenvalue weighted by Crippen LogP contribution is 2.23. The van der Waals surface area contributed by atoms with E-state index in [1.165, 1.54) is 0 Å². The molecule has 3 amide bonds. The summed E-state index contributed by atoms with van der Waals surface area (Å²) in [5.41, 5.74) is 0.431. The second-order valence-corrected chi connectivity index (χ2v) is 7.51. The van der Waals surface area contributed by atoms with E-state index in [1.807, 2.05) is 0 Å². The Morgan fingerprint density at radius 1 is 1.24 bits per heavy atom. The summed E-state index contributed by atoms with van der Waals surface area (Å²) in [5, 5.41) is 7.81. The standard InChI is InChI=1S/C13H17N3O4S/c1-13(6-7-21(19,20)8-13)16-12(18)15-11-4-2-10(3-5-11)14-9-17/h2-5,9H,6-8H2,1H3,(H,14,17)(H2,15,16,18). The molecule has 114 valence electrons. The zero-order valence-electron chi connectivity index (χ0n) is 11.5. The maximum absolute atomic E-state index is 11.9. The number of hydrogen-bond donors (Lipinski definition) is 3. The van der Waals surface area contributed by atoms with Crippen molar-refractivity contribution in [3.8, 4) is 0 Å². The molecule has 2 rings (SSSR count). The average Bonchev–Trinajstić information content (AvgIpc) is 2.65. The number of carbonyl (C=O) groups is 2. The fourth-order valence-electron chi connectivity index (χ4n) is 2.26. The van der Waals surface area contributed by atoms with Gasteiger partial charge in [-0.15, -0.1) is 0 Å². The Balaban J connectivity index is 1.94. The van der Waals surface area contributed by atoms with Crippen LogP contribution in [0.25, 0.3) is 0 Å². The molecule has 1 aromatic rings. The van der Waals surface area contributed by atoms with E-state index in [4.69, 9.17) is 0 Å². The number of urea groups is 1. The normalized spacial score (nSPS) is 23.3. The van der Waals surface area contributed by atoms with Gasteiger partial charge in [0.15, 0.2) is 9.84 Å². The molecule has 1 atom stereocenters. The Morgan fingerprint density at radius 3 is 2.38 bits per heavy atom. The van der Waals surface area contributed by atoms with Gasteiger partial charge in [-0.3, -0.25) is 4.79 Å². The minimum absolute atomic E-state index is 0.0460. The van der Waals surface area contributed by atoms with Gasteiger partial charge in [-0.05, 0) is 37.6 Å². The van der Waals surface area contributed by atoms with Crippen LogP contribution in [0.3, 0.4) is 0 Å². The van der Waals surface area contributed by atoms with E-state index >= 15 is 0 Å². The third-order valence-electron chi connectivity index (χ3n) is 3.29. The molecule has 7 nitrogen and oxygen atoms in total. The molecule has 0 aromatic heterocycles. The highest BCUT2D eigenvalue weighted by molar-refractivity contribution is 7.91. The zero-order valence-corrected chi connectivity index (χ0v) is 12.4. The molecule has 3 N–H and O–H groups in total. The number of sulfone groups is 1. The molecule has 1 fully saturated rings. The summed E-state index contributed by atoms with van der Waals surface area (Å²) in [6.45, 7) is 1.72. The summed E-state index contributed by atoms with van der Waals surface area (Å²) in [6, 6.07) is 6.11. The summed E-state index contributed by atoms with van der Waals surface area (Å²) >= 11 is 0. The van der Waals surface area contributed by atoms with Crippen molar-refractivity contribution in [1.29, 1.82) is 0 Å². The first-order valence-electron chi connectivity index (χ1n) is 6.42. The minimum atomic E-state index is -3.07. The van der Waals surface area contributed by atoms with Crippen molar-refractivity contribution >= 4 is 33.7 Å². The van der Waals surface area contributed by atoms with Crippen LogP contribution < -0.4 is 16.0 Å². The van der Waals surface area contributed by atoms with Crippen LogP contribution in [0.1, 0.15) is 13.3 Å². The molecule has 1 aliphatic rings. The van der Waals surface area contributed by atoms with Crippen LogP contribution >= 0.6 is 0 Å². The van der Waals surface area contributed by atoms with Gasteiger partial charge < -0.3 is 16.0 Å². The van der Waals surface area contributed by atoms with Gasteiger partial charge in [0, 0.05) is 11.4 Å². The van der Waals surface area contributed by atoms with Gasteiger partial charge in [-0.25, -0.2) is 13.2 Å². The molecular formula is C13H17N3O4S. The van der Waals surface area contributed by atoms with Crippen LogP contribution in [0, 0.1) is 0 Å². The summed E-state index contributed by atoms with van der Waals surface area (Å²) < 4.78 is 23.0. The number of hydrogen-bond acceptors (Lipinski definition) is 4. The first-order valence-corrected chi connectivity index (χ1v) is 8.24. The van der Waals surface area contributed by atoms with Gasteiger partial charge in [0.25, 0.3) is 0 Å². The lowest BCUT2D eigenvalue weighted by Gasteiger charge is -2.24. The summed E-state index contributed by atoms with van der Waals surface area (Å²) in [4.78, 5) is 22.2. The molecule has 0 bridgehead atoms. The largest absolute Gasteiger partial charge is 0.332 e. The summed E-state index contributed by atoms with van der Waals surface area (Å²) in [5.74, 6) is 0.0471. The first-order chi connectivity index (χ1) is 9.82. The molecule has 0 radical (unpaired) electrons. The Bertz CT molecular complexity index is 642. The van der Waals surface area contributed by atoms with E-state index in [0.717, 1.165) is 0 Å². The molecule has 21 heavy (non-hydrogen) atoms. The van der Waals surface area contributed by atoms with Crippen LogP contribution in [0.15, 0.2) is 24.3 Å². The number of benzene rings is 1. The predicted octanol–water partition coefficient (Wildman–Crippen LogP) is 0.954. The highest BCUT2D eigenvalue weighted by Gasteiger charge is 2.39. The van der Waals surface area contributed by atoms with Crippen molar-refractivity contribution in [3.63, 3.8) is 0 Å². The van der Waals surface area contributed by atoms with Crippen LogP contribution in [0.2, 0.25) is 0 Å². The van der Waals surface area contributed by atoms with Crippen molar-refractivity contribution in [2.45, 2.75) is 18.9 Å². The second kappa shape index (κ2) is 5.72. The SMILES string of the molecule is CC1(NC(=O)Nc2ccc(NC=O)cc2)CCS(=O)(=O)C1. The molecule has 1 aliphatic heterocycles. The Morgan fingerprint density at radius 2 is 1.86 bits per heavy atom. The summed E-state index contributed by atoms with van der Waals surface area (Å²) in [6.07, 6.45) is 0.974. The molecule has 1 saturated heterocycles. The molecule has 1 unspecified atom stereocenters. The Hall–Kier alpha value is -2.09. The molecule has 0 aliphatic carbocycles. The molecule has 0 spiro atoms.